The number of carbonyl (C=O) groups is 2. The van der Waals surface area contributed by atoms with Crippen molar-refractivity contribution in [1.82, 2.24) is 5.32 Å². The van der Waals surface area contributed by atoms with Crippen LogP contribution in [0.1, 0.15) is 32.1 Å². The van der Waals surface area contributed by atoms with Gasteiger partial charge in [0.15, 0.2) is 0 Å². The number of aliphatic carboxylic acids is 1. The van der Waals surface area contributed by atoms with Crippen molar-refractivity contribution in [3.63, 3.8) is 0 Å². The molecule has 0 saturated carbocycles. The lowest BCUT2D eigenvalue weighted by atomic mass is 10.2. The van der Waals surface area contributed by atoms with Crippen LogP contribution in [0.4, 0.5) is 0 Å². The van der Waals surface area contributed by atoms with E-state index in [4.69, 9.17) is 5.11 Å². The van der Waals surface area contributed by atoms with Crippen LogP contribution in [0.2, 0.25) is 0 Å². The molecule has 4 nitrogen and oxygen atoms in total. The first-order valence-electron chi connectivity index (χ1n) is 5.83. The Morgan fingerprint density at radius 3 is 2.71 bits per heavy atom. The lowest BCUT2D eigenvalue weighted by molar-refractivity contribution is -0.140. The summed E-state index contributed by atoms with van der Waals surface area (Å²) in [6.45, 7) is 3.67. The molecule has 1 unspecified atom stereocenters. The molecule has 0 aliphatic carbocycles. The molecule has 1 amide bonds. The van der Waals surface area contributed by atoms with Gasteiger partial charge in [-0.2, -0.15) is 11.8 Å². The summed E-state index contributed by atoms with van der Waals surface area (Å²) in [6.07, 6.45) is 7.43. The van der Waals surface area contributed by atoms with E-state index < -0.39 is 12.0 Å². The fourth-order valence-electron chi connectivity index (χ4n) is 1.33. The number of hydrogen-bond donors (Lipinski definition) is 2. The second kappa shape index (κ2) is 11.5. The van der Waals surface area contributed by atoms with Crippen molar-refractivity contribution in [2.45, 2.75) is 38.1 Å². The van der Waals surface area contributed by atoms with Crippen molar-refractivity contribution in [2.24, 2.45) is 0 Å². The molecule has 2 N–H and O–H groups in total. The number of hydrogen-bond acceptors (Lipinski definition) is 3. The van der Waals surface area contributed by atoms with E-state index in [-0.39, 0.29) is 0 Å². The number of rotatable bonds is 12. The van der Waals surface area contributed by atoms with Gasteiger partial charge in [0.25, 0.3) is 0 Å². The van der Waals surface area contributed by atoms with Gasteiger partial charge in [0.1, 0.15) is 6.04 Å². The summed E-state index contributed by atoms with van der Waals surface area (Å²) in [5.41, 5.74) is 0. The topological polar surface area (TPSA) is 66.4 Å². The maximum atomic E-state index is 10.7. The largest absolute Gasteiger partial charge is 0.480 e. The first-order chi connectivity index (χ1) is 8.22. The molecular formula is C12H21NO3S. The minimum absolute atomic E-state index is 0.443. The van der Waals surface area contributed by atoms with Gasteiger partial charge in [-0.15, -0.1) is 6.58 Å². The van der Waals surface area contributed by atoms with Crippen molar-refractivity contribution in [3.8, 4) is 0 Å². The lowest BCUT2D eigenvalue weighted by Gasteiger charge is -2.10. The van der Waals surface area contributed by atoms with Crippen molar-refractivity contribution in [3.05, 3.63) is 12.7 Å². The number of carboxylic acids is 1. The number of unbranched alkanes of at least 4 members (excludes halogenated alkanes) is 3. The number of nitrogens with one attached hydrogen (secondary N) is 1. The molecule has 0 aliphatic heterocycles. The maximum absolute atomic E-state index is 10.7. The SMILES string of the molecule is C=CCCCCCSCCC(NC=O)C(=O)O. The zero-order valence-electron chi connectivity index (χ0n) is 10.1. The number of carbonyl (C=O) groups excluding carboxylic acids is 1. The van der Waals surface area contributed by atoms with E-state index in [0.29, 0.717) is 12.8 Å². The Labute approximate surface area is 107 Å². The molecule has 17 heavy (non-hydrogen) atoms. The Hall–Kier alpha value is -0.970. The second-order valence-corrected chi connectivity index (χ2v) is 4.94. The van der Waals surface area contributed by atoms with Crippen LogP contribution in [0, 0.1) is 0 Å². The van der Waals surface area contributed by atoms with Crippen LogP contribution in [-0.4, -0.2) is 35.0 Å². The zero-order valence-corrected chi connectivity index (χ0v) is 10.9. The molecule has 98 valence electrons. The van der Waals surface area contributed by atoms with E-state index in [1.807, 2.05) is 6.08 Å². The van der Waals surface area contributed by atoms with Crippen molar-refractivity contribution in [2.75, 3.05) is 11.5 Å². The van der Waals surface area contributed by atoms with E-state index in [1.54, 1.807) is 11.8 Å². The van der Waals surface area contributed by atoms with E-state index in [2.05, 4.69) is 11.9 Å². The van der Waals surface area contributed by atoms with Crippen LogP contribution >= 0.6 is 11.8 Å². The van der Waals surface area contributed by atoms with Crippen LogP contribution in [-0.2, 0) is 9.59 Å². The summed E-state index contributed by atoms with van der Waals surface area (Å²) in [5.74, 6) is 0.841. The smallest absolute Gasteiger partial charge is 0.326 e. The third-order valence-electron chi connectivity index (χ3n) is 2.32. The molecule has 0 fully saturated rings. The first kappa shape index (κ1) is 16.0. The van der Waals surface area contributed by atoms with E-state index in [9.17, 15) is 9.59 Å². The summed E-state index contributed by atoms with van der Waals surface area (Å²) in [4.78, 5) is 20.9. The molecule has 0 aromatic rings. The molecular weight excluding hydrogens is 238 g/mol. The Morgan fingerprint density at radius 2 is 2.12 bits per heavy atom. The van der Waals surface area contributed by atoms with Gasteiger partial charge >= 0.3 is 5.97 Å². The third kappa shape index (κ3) is 9.93. The average molecular weight is 259 g/mol. The summed E-state index contributed by atoms with van der Waals surface area (Å²) in [6, 6.07) is -0.749. The molecule has 0 heterocycles. The molecule has 5 heteroatoms. The Morgan fingerprint density at radius 1 is 1.35 bits per heavy atom. The second-order valence-electron chi connectivity index (χ2n) is 3.71. The van der Waals surface area contributed by atoms with Gasteiger partial charge in [0.2, 0.25) is 6.41 Å². The van der Waals surface area contributed by atoms with E-state index in [1.165, 1.54) is 12.8 Å². The van der Waals surface area contributed by atoms with Gasteiger partial charge < -0.3 is 10.4 Å². The van der Waals surface area contributed by atoms with E-state index in [0.717, 1.165) is 24.3 Å². The van der Waals surface area contributed by atoms with Crippen LogP contribution < -0.4 is 5.32 Å². The highest BCUT2D eigenvalue weighted by molar-refractivity contribution is 7.99. The van der Waals surface area contributed by atoms with Crippen LogP contribution in [0.15, 0.2) is 12.7 Å². The molecule has 0 saturated heterocycles. The normalized spacial score (nSPS) is 11.8. The monoisotopic (exact) mass is 259 g/mol. The quantitative estimate of drug-likeness (QED) is 0.320. The highest BCUT2D eigenvalue weighted by Gasteiger charge is 2.14. The number of carboxylic acid groups (broad SMARTS) is 1. The molecule has 0 aliphatic rings. The predicted molar refractivity (Wildman–Crippen MR) is 71.2 cm³/mol. The van der Waals surface area contributed by atoms with Gasteiger partial charge in [-0.25, -0.2) is 4.79 Å². The fraction of sp³-hybridized carbons (Fsp3) is 0.667. The summed E-state index contributed by atoms with van der Waals surface area (Å²) in [7, 11) is 0. The van der Waals surface area contributed by atoms with Gasteiger partial charge in [-0.1, -0.05) is 12.5 Å². The molecule has 1 atom stereocenters. The van der Waals surface area contributed by atoms with Crippen molar-refractivity contribution < 1.29 is 14.7 Å². The summed E-state index contributed by atoms with van der Waals surface area (Å²) in [5, 5.41) is 11.1. The average Bonchev–Trinajstić information content (AvgIpc) is 2.31. The summed E-state index contributed by atoms with van der Waals surface area (Å²) >= 11 is 1.74. The first-order valence-corrected chi connectivity index (χ1v) is 6.99. The highest BCUT2D eigenvalue weighted by Crippen LogP contribution is 2.10. The lowest BCUT2D eigenvalue weighted by Crippen LogP contribution is -2.36. The standard InChI is InChI=1S/C12H21NO3S/c1-2-3-4-5-6-8-17-9-7-11(12(15)16)13-10-14/h2,10-11H,1,3-9H2,(H,13,14)(H,15,16). The number of amides is 1. The molecule has 0 bridgehead atoms. The molecule has 0 aromatic heterocycles. The van der Waals surface area contributed by atoms with Crippen molar-refractivity contribution >= 4 is 24.1 Å². The van der Waals surface area contributed by atoms with Gasteiger partial charge in [0.05, 0.1) is 0 Å². The minimum Gasteiger partial charge on any atom is -0.480 e. The predicted octanol–water partition coefficient (Wildman–Crippen LogP) is 2.06. The summed E-state index contributed by atoms with van der Waals surface area (Å²) < 4.78 is 0. The van der Waals surface area contributed by atoms with Gasteiger partial charge in [0, 0.05) is 0 Å². The molecule has 0 aromatic carbocycles. The van der Waals surface area contributed by atoms with Crippen molar-refractivity contribution in [1.29, 1.82) is 0 Å². The minimum atomic E-state index is -0.969. The molecule has 0 rings (SSSR count). The third-order valence-corrected chi connectivity index (χ3v) is 3.42. The van der Waals surface area contributed by atoms with E-state index >= 15 is 0 Å². The fourth-order valence-corrected chi connectivity index (χ4v) is 2.35. The number of thioether (sulfide) groups is 1. The highest BCUT2D eigenvalue weighted by atomic mass is 32.2. The number of allylic oxidation sites excluding steroid dienone is 1. The Kier molecular flexibility index (Phi) is 10.9. The van der Waals surface area contributed by atoms with Crippen LogP contribution in [0.25, 0.3) is 0 Å². The Balaban J connectivity index is 3.39. The maximum Gasteiger partial charge on any atom is 0.326 e. The molecule has 0 spiro atoms. The zero-order chi connectivity index (χ0) is 12.9. The van der Waals surface area contributed by atoms with Crippen LogP contribution in [0.5, 0.6) is 0 Å². The van der Waals surface area contributed by atoms with Gasteiger partial charge in [-0.3, -0.25) is 4.79 Å². The molecule has 0 radical (unpaired) electrons. The van der Waals surface area contributed by atoms with Crippen LogP contribution in [0.3, 0.4) is 0 Å². The van der Waals surface area contributed by atoms with Gasteiger partial charge in [-0.05, 0) is 37.2 Å². The Bertz CT molecular complexity index is 234.